The fourth-order valence-electron chi connectivity index (χ4n) is 1.02. The molecule has 76 valence electrons. The Kier molecular flexibility index (Phi) is 3.33. The van der Waals surface area contributed by atoms with Gasteiger partial charge in [-0.2, -0.15) is 0 Å². The molecule has 0 spiro atoms. The van der Waals surface area contributed by atoms with E-state index in [0.717, 1.165) is 0 Å². The molecule has 0 saturated heterocycles. The van der Waals surface area contributed by atoms with Crippen LogP contribution < -0.4 is 10.5 Å². The summed E-state index contributed by atoms with van der Waals surface area (Å²) in [4.78, 5) is 10.8. The molecule has 1 unspecified atom stereocenters. The Morgan fingerprint density at radius 3 is 2.79 bits per heavy atom. The minimum Gasteiger partial charge on any atom is -0.504 e. The summed E-state index contributed by atoms with van der Waals surface area (Å²) in [5.74, 6) is 0.251. The number of rotatable bonds is 3. The summed E-state index contributed by atoms with van der Waals surface area (Å²) in [5, 5.41) is 8.62. The Morgan fingerprint density at radius 1 is 1.64 bits per heavy atom. The highest BCUT2D eigenvalue weighted by molar-refractivity contribution is 6.64. The summed E-state index contributed by atoms with van der Waals surface area (Å²) >= 11 is 5.23. The number of nitrogens with two attached hydrogens (primary N) is 1. The largest absolute Gasteiger partial charge is 0.504 e. The number of carbonyl (C=O) groups is 1. The molecule has 0 aliphatic carbocycles. The molecule has 1 aromatic rings. The van der Waals surface area contributed by atoms with Crippen LogP contribution in [0.25, 0.3) is 0 Å². The molecule has 0 bridgehead atoms. The lowest BCUT2D eigenvalue weighted by atomic mass is 10.1. The van der Waals surface area contributed by atoms with E-state index < -0.39 is 11.3 Å². The van der Waals surface area contributed by atoms with Crippen molar-refractivity contribution >= 4 is 16.8 Å². The molecule has 0 aliphatic heterocycles. The lowest BCUT2D eigenvalue weighted by Crippen LogP contribution is -2.16. The number of methoxy groups -OCH3 is 1. The maximum absolute atomic E-state index is 10.8. The summed E-state index contributed by atoms with van der Waals surface area (Å²) < 4.78 is 4.86. The minimum absolute atomic E-state index is 0.00882. The molecule has 0 fully saturated rings. The van der Waals surface area contributed by atoms with Crippen LogP contribution in [-0.4, -0.2) is 17.5 Å². The Hall–Kier alpha value is -1.26. The average Bonchev–Trinajstić information content (AvgIpc) is 2.17. The number of hydrogen-bond acceptors (Lipinski definition) is 4. The Labute approximate surface area is 86.2 Å². The molecule has 5 heteroatoms. The zero-order chi connectivity index (χ0) is 10.7. The number of phenols is 1. The van der Waals surface area contributed by atoms with Gasteiger partial charge in [-0.05, 0) is 29.3 Å². The van der Waals surface area contributed by atoms with Gasteiger partial charge in [0.05, 0.1) is 7.11 Å². The highest BCUT2D eigenvalue weighted by atomic mass is 35.5. The van der Waals surface area contributed by atoms with Gasteiger partial charge >= 0.3 is 0 Å². The smallest absolute Gasteiger partial charge is 0.242 e. The molecule has 1 aromatic carbocycles. The summed E-state index contributed by atoms with van der Waals surface area (Å²) in [6.45, 7) is 0. The third kappa shape index (κ3) is 2.16. The molecular formula is C9H10ClNO3. The first kappa shape index (κ1) is 10.8. The summed E-state index contributed by atoms with van der Waals surface area (Å²) in [6, 6.07) is 3.49. The maximum Gasteiger partial charge on any atom is 0.242 e. The first-order valence-corrected chi connectivity index (χ1v) is 4.26. The first-order chi connectivity index (χ1) is 6.56. The average molecular weight is 216 g/mol. The van der Waals surface area contributed by atoms with Crippen molar-refractivity contribution in [2.45, 2.75) is 6.04 Å². The van der Waals surface area contributed by atoms with Crippen molar-refractivity contribution < 1.29 is 14.6 Å². The molecule has 4 nitrogen and oxygen atoms in total. The number of halogens is 1. The number of benzene rings is 1. The van der Waals surface area contributed by atoms with E-state index in [0.29, 0.717) is 5.56 Å². The second-order valence-corrected chi connectivity index (χ2v) is 3.09. The predicted molar refractivity (Wildman–Crippen MR) is 52.4 cm³/mol. The summed E-state index contributed by atoms with van der Waals surface area (Å²) in [7, 11) is 1.41. The van der Waals surface area contributed by atoms with Crippen molar-refractivity contribution in [3.63, 3.8) is 0 Å². The Balaban J connectivity index is 3.06. The number of carbonyl (C=O) groups excluding carboxylic acids is 1. The number of ether oxygens (including phenoxy) is 1. The van der Waals surface area contributed by atoms with Crippen LogP contribution in [0.3, 0.4) is 0 Å². The molecular weight excluding hydrogens is 206 g/mol. The van der Waals surface area contributed by atoms with E-state index in [1.807, 2.05) is 0 Å². The maximum atomic E-state index is 10.8. The molecule has 0 saturated carbocycles. The fraction of sp³-hybridized carbons (Fsp3) is 0.222. The van der Waals surface area contributed by atoms with Crippen LogP contribution in [-0.2, 0) is 4.79 Å². The van der Waals surface area contributed by atoms with Crippen molar-refractivity contribution in [3.05, 3.63) is 23.8 Å². The lowest BCUT2D eigenvalue weighted by Gasteiger charge is -2.09. The van der Waals surface area contributed by atoms with Gasteiger partial charge in [0.25, 0.3) is 0 Å². The minimum atomic E-state index is -0.897. The Bertz CT molecular complexity index is 354. The lowest BCUT2D eigenvalue weighted by molar-refractivity contribution is -0.112. The van der Waals surface area contributed by atoms with Crippen LogP contribution in [0.2, 0.25) is 0 Å². The molecule has 0 aromatic heterocycles. The number of phenolic OH excluding ortho intramolecular Hbond substituents is 1. The van der Waals surface area contributed by atoms with E-state index in [9.17, 15) is 9.90 Å². The van der Waals surface area contributed by atoms with Gasteiger partial charge in [-0.25, -0.2) is 0 Å². The number of aromatic hydroxyl groups is 1. The molecule has 1 rings (SSSR count). The van der Waals surface area contributed by atoms with E-state index in [1.165, 1.54) is 25.3 Å². The zero-order valence-electron chi connectivity index (χ0n) is 7.53. The monoisotopic (exact) mass is 215 g/mol. The standard InChI is InChI=1S/C9H10ClNO3/c1-14-7-4-5(2-3-6(7)12)8(11)9(10)13/h2-4,8,12H,11H2,1H3. The van der Waals surface area contributed by atoms with Crippen LogP contribution >= 0.6 is 11.6 Å². The van der Waals surface area contributed by atoms with E-state index in [2.05, 4.69) is 0 Å². The van der Waals surface area contributed by atoms with E-state index in [1.54, 1.807) is 0 Å². The second-order valence-electron chi connectivity index (χ2n) is 2.71. The Morgan fingerprint density at radius 2 is 2.29 bits per heavy atom. The number of hydrogen-bond donors (Lipinski definition) is 2. The van der Waals surface area contributed by atoms with E-state index >= 15 is 0 Å². The van der Waals surface area contributed by atoms with Gasteiger partial charge in [0.1, 0.15) is 6.04 Å². The summed E-state index contributed by atoms with van der Waals surface area (Å²) in [5.41, 5.74) is 5.99. The topological polar surface area (TPSA) is 72.5 Å². The van der Waals surface area contributed by atoms with Crippen molar-refractivity contribution in [1.82, 2.24) is 0 Å². The van der Waals surface area contributed by atoms with Crippen molar-refractivity contribution in [2.24, 2.45) is 5.73 Å². The molecule has 0 amide bonds. The third-order valence-electron chi connectivity index (χ3n) is 1.81. The van der Waals surface area contributed by atoms with Crippen molar-refractivity contribution in [2.75, 3.05) is 7.11 Å². The molecule has 3 N–H and O–H groups in total. The molecule has 1 atom stereocenters. The SMILES string of the molecule is COc1cc(C(N)C(=O)Cl)ccc1O. The van der Waals surface area contributed by atoms with Gasteiger partial charge in [0, 0.05) is 0 Å². The second kappa shape index (κ2) is 4.30. The van der Waals surface area contributed by atoms with Gasteiger partial charge in [0.2, 0.25) is 5.24 Å². The van der Waals surface area contributed by atoms with Crippen LogP contribution in [0.4, 0.5) is 0 Å². The van der Waals surface area contributed by atoms with E-state index in [4.69, 9.17) is 22.1 Å². The normalized spacial score (nSPS) is 12.2. The van der Waals surface area contributed by atoms with Crippen LogP contribution in [0.15, 0.2) is 18.2 Å². The van der Waals surface area contributed by atoms with Crippen LogP contribution in [0.1, 0.15) is 11.6 Å². The summed E-state index contributed by atoms with van der Waals surface area (Å²) in [6.07, 6.45) is 0. The van der Waals surface area contributed by atoms with Crippen LogP contribution in [0.5, 0.6) is 11.5 Å². The highest BCUT2D eigenvalue weighted by Gasteiger charge is 2.14. The molecule has 14 heavy (non-hydrogen) atoms. The van der Waals surface area contributed by atoms with Crippen LogP contribution in [0, 0.1) is 0 Å². The van der Waals surface area contributed by atoms with Gasteiger partial charge in [-0.3, -0.25) is 4.79 Å². The molecule has 0 heterocycles. The van der Waals surface area contributed by atoms with Gasteiger partial charge in [0.15, 0.2) is 11.5 Å². The van der Waals surface area contributed by atoms with Gasteiger partial charge in [-0.1, -0.05) is 6.07 Å². The molecule has 0 radical (unpaired) electrons. The van der Waals surface area contributed by atoms with Gasteiger partial charge in [-0.15, -0.1) is 0 Å². The highest BCUT2D eigenvalue weighted by Crippen LogP contribution is 2.28. The quantitative estimate of drug-likeness (QED) is 0.743. The predicted octanol–water partition coefficient (Wildman–Crippen LogP) is 1.17. The molecule has 0 aliphatic rings. The van der Waals surface area contributed by atoms with E-state index in [-0.39, 0.29) is 11.5 Å². The first-order valence-electron chi connectivity index (χ1n) is 3.88. The third-order valence-corrected chi connectivity index (χ3v) is 2.04. The fourth-order valence-corrected chi connectivity index (χ4v) is 1.14. The van der Waals surface area contributed by atoms with Crippen molar-refractivity contribution in [3.8, 4) is 11.5 Å². The van der Waals surface area contributed by atoms with Gasteiger partial charge < -0.3 is 15.6 Å². The zero-order valence-corrected chi connectivity index (χ0v) is 8.28. The van der Waals surface area contributed by atoms with Crippen molar-refractivity contribution in [1.29, 1.82) is 0 Å².